The minimum Gasteiger partial charge on any atom is -0.369 e. The number of fused-ring (bicyclic) bond motifs is 1. The number of rotatable bonds is 13. The van der Waals surface area contributed by atoms with Gasteiger partial charge in [0.15, 0.2) is 10.6 Å². The molecular weight excluding hydrogens is 336 g/mol. The molecule has 9 heteroatoms. The molecule has 25 heavy (non-hydrogen) atoms. The maximum atomic E-state index is 5.73. The topological polar surface area (TPSA) is 123 Å². The summed E-state index contributed by atoms with van der Waals surface area (Å²) in [5.74, 6) is 0.334. The fourth-order valence-corrected chi connectivity index (χ4v) is 2.92. The zero-order chi connectivity index (χ0) is 17.9. The Hall–Kier alpha value is -1.55. The predicted molar refractivity (Wildman–Crippen MR) is 105 cm³/mol. The first-order chi connectivity index (χ1) is 12.2. The molecule has 0 aromatic carbocycles. The number of aryl methyl sites for hydroxylation is 1. The molecule has 2 heterocycles. The Balaban J connectivity index is 1.55. The van der Waals surface area contributed by atoms with Crippen molar-refractivity contribution in [3.63, 3.8) is 0 Å². The van der Waals surface area contributed by atoms with Crippen molar-refractivity contribution in [1.82, 2.24) is 30.2 Å². The Bertz CT molecular complexity index is 680. The first kappa shape index (κ1) is 19.8. The normalized spacial score (nSPS) is 11.4. The number of H-pyrrole nitrogens is 1. The lowest BCUT2D eigenvalue weighted by Crippen LogP contribution is -2.24. The van der Waals surface area contributed by atoms with Crippen molar-refractivity contribution in [2.45, 2.75) is 38.6 Å². The van der Waals surface area contributed by atoms with E-state index in [9.17, 15) is 0 Å². The number of aromatic amines is 1. The van der Waals surface area contributed by atoms with Gasteiger partial charge in [-0.15, -0.1) is 0 Å². The Labute approximate surface area is 153 Å². The molecule has 0 saturated heterocycles. The summed E-state index contributed by atoms with van der Waals surface area (Å²) in [5.41, 5.74) is 12.7. The fourth-order valence-electron chi connectivity index (χ4n) is 2.68. The first-order valence-electron chi connectivity index (χ1n) is 9.04. The van der Waals surface area contributed by atoms with Crippen LogP contribution in [0.25, 0.3) is 11.2 Å². The van der Waals surface area contributed by atoms with E-state index in [1.807, 2.05) is 0 Å². The van der Waals surface area contributed by atoms with Crippen molar-refractivity contribution >= 4 is 29.3 Å². The number of imidazole rings is 1. The van der Waals surface area contributed by atoms with Crippen LogP contribution in [-0.2, 0) is 6.54 Å². The summed E-state index contributed by atoms with van der Waals surface area (Å²) in [6.45, 7) is 5.86. The van der Waals surface area contributed by atoms with Crippen LogP contribution in [0.5, 0.6) is 0 Å². The molecule has 2 aromatic rings. The molecule has 140 valence electrons. The van der Waals surface area contributed by atoms with Gasteiger partial charge in [0.25, 0.3) is 0 Å². The number of unbranched alkanes of at least 4 members (excludes halogenated alkanes) is 2. The van der Waals surface area contributed by atoms with E-state index in [0.717, 1.165) is 64.2 Å². The van der Waals surface area contributed by atoms with E-state index in [4.69, 9.17) is 23.7 Å². The second kappa shape index (κ2) is 11.1. The van der Waals surface area contributed by atoms with Gasteiger partial charge in [0, 0.05) is 6.54 Å². The number of aromatic nitrogens is 4. The van der Waals surface area contributed by atoms with Crippen molar-refractivity contribution in [2.75, 3.05) is 38.5 Å². The van der Waals surface area contributed by atoms with Gasteiger partial charge < -0.3 is 31.7 Å². The first-order valence-corrected chi connectivity index (χ1v) is 9.45. The van der Waals surface area contributed by atoms with Gasteiger partial charge >= 0.3 is 0 Å². The van der Waals surface area contributed by atoms with Gasteiger partial charge in [-0.25, -0.2) is 9.97 Å². The summed E-state index contributed by atoms with van der Waals surface area (Å²) in [6.07, 6.45) is 7.44. The molecule has 0 aliphatic carbocycles. The second-order valence-corrected chi connectivity index (χ2v) is 6.51. The minimum absolute atomic E-state index is 0.334. The molecule has 2 rings (SSSR count). The molecule has 0 amide bonds. The Kier molecular flexibility index (Phi) is 8.81. The van der Waals surface area contributed by atoms with Crippen LogP contribution in [0.15, 0.2) is 6.33 Å². The summed E-state index contributed by atoms with van der Waals surface area (Å²) in [7, 11) is 0. The van der Waals surface area contributed by atoms with E-state index in [2.05, 4.69) is 30.2 Å². The van der Waals surface area contributed by atoms with Gasteiger partial charge in [-0.1, -0.05) is 18.6 Å². The molecule has 7 N–H and O–H groups in total. The van der Waals surface area contributed by atoms with Crippen molar-refractivity contribution in [1.29, 1.82) is 0 Å². The molecule has 0 saturated carbocycles. The van der Waals surface area contributed by atoms with E-state index in [0.29, 0.717) is 16.1 Å². The van der Waals surface area contributed by atoms with Crippen LogP contribution < -0.4 is 22.1 Å². The highest BCUT2D eigenvalue weighted by atomic mass is 32.1. The molecule has 0 unspecified atom stereocenters. The van der Waals surface area contributed by atoms with Gasteiger partial charge in [-0.3, -0.25) is 0 Å². The van der Waals surface area contributed by atoms with Crippen LogP contribution in [0, 0.1) is 4.64 Å². The van der Waals surface area contributed by atoms with Crippen LogP contribution in [-0.4, -0.2) is 52.2 Å². The van der Waals surface area contributed by atoms with Crippen molar-refractivity contribution in [3.05, 3.63) is 11.0 Å². The summed E-state index contributed by atoms with van der Waals surface area (Å²) < 4.78 is 2.51. The number of nitrogen functional groups attached to an aromatic ring is 1. The largest absolute Gasteiger partial charge is 0.369 e. The number of hydrogen-bond donors (Lipinski definition) is 5. The molecule has 0 radical (unpaired) electrons. The average Bonchev–Trinajstić information content (AvgIpc) is 2.99. The Morgan fingerprint density at radius 3 is 2.52 bits per heavy atom. The van der Waals surface area contributed by atoms with Crippen LogP contribution in [0.4, 0.5) is 5.95 Å². The lowest BCUT2D eigenvalue weighted by molar-refractivity contribution is 0.545. The third kappa shape index (κ3) is 6.69. The van der Waals surface area contributed by atoms with Gasteiger partial charge in [-0.05, 0) is 58.4 Å². The summed E-state index contributed by atoms with van der Waals surface area (Å²) >= 11 is 5.18. The lowest BCUT2D eigenvalue weighted by atomic mass is 10.2. The maximum Gasteiger partial charge on any atom is 0.200 e. The number of nitrogens with two attached hydrogens (primary N) is 2. The molecule has 0 fully saturated rings. The predicted octanol–water partition coefficient (Wildman–Crippen LogP) is 1.16. The molecular formula is C16H30N8S. The van der Waals surface area contributed by atoms with Crippen molar-refractivity contribution in [3.8, 4) is 0 Å². The highest BCUT2D eigenvalue weighted by Gasteiger charge is 2.06. The van der Waals surface area contributed by atoms with E-state index >= 15 is 0 Å². The molecule has 0 bridgehead atoms. The Morgan fingerprint density at radius 1 is 1.04 bits per heavy atom. The zero-order valence-electron chi connectivity index (χ0n) is 14.8. The van der Waals surface area contributed by atoms with Crippen LogP contribution >= 0.6 is 12.2 Å². The highest BCUT2D eigenvalue weighted by molar-refractivity contribution is 7.71. The molecule has 0 atom stereocenters. The fraction of sp³-hybridized carbons (Fsp3) is 0.688. The van der Waals surface area contributed by atoms with E-state index in [1.54, 1.807) is 6.33 Å². The third-order valence-corrected chi connectivity index (χ3v) is 4.31. The van der Waals surface area contributed by atoms with Crippen molar-refractivity contribution in [2.24, 2.45) is 5.73 Å². The van der Waals surface area contributed by atoms with E-state index < -0.39 is 0 Å². The zero-order valence-corrected chi connectivity index (χ0v) is 15.6. The molecule has 0 aliphatic rings. The van der Waals surface area contributed by atoms with Gasteiger partial charge in [0.1, 0.15) is 11.2 Å². The number of nitrogens with zero attached hydrogens (tertiary/aromatic N) is 3. The van der Waals surface area contributed by atoms with Crippen LogP contribution in [0.2, 0.25) is 0 Å². The quantitative estimate of drug-likeness (QED) is 0.266. The number of anilines is 1. The molecule has 0 spiro atoms. The van der Waals surface area contributed by atoms with Crippen LogP contribution in [0.3, 0.4) is 0 Å². The molecule has 2 aromatic heterocycles. The smallest absolute Gasteiger partial charge is 0.200 e. The van der Waals surface area contributed by atoms with E-state index in [1.165, 1.54) is 12.8 Å². The second-order valence-electron chi connectivity index (χ2n) is 6.12. The number of hydrogen-bond acceptors (Lipinski definition) is 7. The highest BCUT2D eigenvalue weighted by Crippen LogP contribution is 2.13. The summed E-state index contributed by atoms with van der Waals surface area (Å²) in [5, 5.41) is 6.87. The van der Waals surface area contributed by atoms with Gasteiger partial charge in [0.2, 0.25) is 0 Å². The van der Waals surface area contributed by atoms with Crippen LogP contribution in [0.1, 0.15) is 32.1 Å². The summed E-state index contributed by atoms with van der Waals surface area (Å²) in [6, 6.07) is 0. The van der Waals surface area contributed by atoms with Gasteiger partial charge in [-0.2, -0.15) is 0 Å². The third-order valence-electron chi connectivity index (χ3n) is 4.03. The summed E-state index contributed by atoms with van der Waals surface area (Å²) in [4.78, 5) is 11.4. The Morgan fingerprint density at radius 2 is 1.76 bits per heavy atom. The maximum absolute atomic E-state index is 5.73. The molecule has 0 aliphatic heterocycles. The lowest BCUT2D eigenvalue weighted by Gasteiger charge is -2.07. The van der Waals surface area contributed by atoms with E-state index in [-0.39, 0.29) is 0 Å². The SMILES string of the molecule is NCCCNCCCNCCCCCn1cnc2c(=S)nc(N)[nH]c21. The standard InChI is InChI=1S/C16H30N8S/c17-6-4-8-20-10-5-9-19-7-2-1-3-11-24-12-21-13-14(24)22-16(18)23-15(13)25/h12,19-20H,1-11,17H2,(H3,18,22,23,25). The monoisotopic (exact) mass is 366 g/mol. The number of nitrogens with one attached hydrogen (secondary N) is 3. The van der Waals surface area contributed by atoms with Crippen molar-refractivity contribution < 1.29 is 0 Å². The average molecular weight is 367 g/mol. The molecule has 8 nitrogen and oxygen atoms in total. The minimum atomic E-state index is 0.334. The van der Waals surface area contributed by atoms with Gasteiger partial charge in [0.05, 0.1) is 6.33 Å².